The van der Waals surface area contributed by atoms with E-state index < -0.39 is 0 Å². The molecule has 0 radical (unpaired) electrons. The SMILES string of the molecule is CC(=O)N1CCC(C(=O)NCCc2ncc(C)n2Cc2ccc(F)cc2)CC1. The van der Waals surface area contributed by atoms with Gasteiger partial charge in [-0.05, 0) is 37.5 Å². The number of imidazole rings is 1. The first-order valence-corrected chi connectivity index (χ1v) is 9.72. The zero-order valence-corrected chi connectivity index (χ0v) is 16.4. The van der Waals surface area contributed by atoms with E-state index in [4.69, 9.17) is 0 Å². The Morgan fingerprint density at radius 2 is 1.89 bits per heavy atom. The van der Waals surface area contributed by atoms with Crippen LogP contribution in [0.4, 0.5) is 4.39 Å². The molecule has 150 valence electrons. The van der Waals surface area contributed by atoms with Gasteiger partial charge in [0, 0.05) is 57.3 Å². The number of piperidine rings is 1. The van der Waals surface area contributed by atoms with Crippen LogP contribution in [0.15, 0.2) is 30.5 Å². The zero-order chi connectivity index (χ0) is 20.1. The Hall–Kier alpha value is -2.70. The molecule has 0 unspecified atom stereocenters. The minimum atomic E-state index is -0.247. The van der Waals surface area contributed by atoms with E-state index in [2.05, 4.69) is 14.9 Å². The topological polar surface area (TPSA) is 67.2 Å². The summed E-state index contributed by atoms with van der Waals surface area (Å²) in [6.45, 7) is 5.99. The number of hydrogen-bond acceptors (Lipinski definition) is 3. The summed E-state index contributed by atoms with van der Waals surface area (Å²) >= 11 is 0. The molecule has 3 rings (SSSR count). The molecule has 6 nitrogen and oxygen atoms in total. The maximum atomic E-state index is 13.1. The van der Waals surface area contributed by atoms with Crippen LogP contribution in [-0.2, 0) is 22.6 Å². The van der Waals surface area contributed by atoms with E-state index in [9.17, 15) is 14.0 Å². The number of likely N-dealkylation sites (tertiary alicyclic amines) is 1. The highest BCUT2D eigenvalue weighted by molar-refractivity contribution is 5.79. The number of rotatable bonds is 6. The molecule has 1 aliphatic heterocycles. The van der Waals surface area contributed by atoms with Gasteiger partial charge in [0.25, 0.3) is 0 Å². The maximum absolute atomic E-state index is 13.1. The van der Waals surface area contributed by atoms with Crippen LogP contribution < -0.4 is 5.32 Å². The normalized spacial score (nSPS) is 14.9. The largest absolute Gasteiger partial charge is 0.355 e. The predicted octanol–water partition coefficient (Wildman–Crippen LogP) is 2.30. The molecule has 1 saturated heterocycles. The first-order chi connectivity index (χ1) is 13.4. The van der Waals surface area contributed by atoms with E-state index in [1.807, 2.05) is 13.1 Å². The van der Waals surface area contributed by atoms with Gasteiger partial charge in [-0.15, -0.1) is 0 Å². The molecule has 0 saturated carbocycles. The molecular formula is C21H27FN4O2. The highest BCUT2D eigenvalue weighted by atomic mass is 19.1. The molecule has 0 spiro atoms. The summed E-state index contributed by atoms with van der Waals surface area (Å²) in [5.74, 6) is 0.742. The van der Waals surface area contributed by atoms with Gasteiger partial charge in [-0.3, -0.25) is 9.59 Å². The van der Waals surface area contributed by atoms with Gasteiger partial charge >= 0.3 is 0 Å². The Kier molecular flexibility index (Phi) is 6.44. The molecule has 2 aromatic rings. The van der Waals surface area contributed by atoms with Crippen LogP contribution in [0, 0.1) is 18.7 Å². The van der Waals surface area contributed by atoms with Crippen LogP contribution in [-0.4, -0.2) is 45.9 Å². The Morgan fingerprint density at radius 3 is 2.54 bits per heavy atom. The number of benzene rings is 1. The first kappa shape index (κ1) is 20.0. The number of aromatic nitrogens is 2. The molecule has 1 fully saturated rings. The fourth-order valence-corrected chi connectivity index (χ4v) is 3.60. The number of hydrogen-bond donors (Lipinski definition) is 1. The van der Waals surface area contributed by atoms with Gasteiger partial charge in [-0.1, -0.05) is 12.1 Å². The van der Waals surface area contributed by atoms with Crippen molar-refractivity contribution in [1.82, 2.24) is 19.8 Å². The quantitative estimate of drug-likeness (QED) is 0.828. The molecule has 1 aliphatic rings. The molecule has 1 N–H and O–H groups in total. The van der Waals surface area contributed by atoms with Gasteiger partial charge in [0.05, 0.1) is 0 Å². The van der Waals surface area contributed by atoms with Crippen molar-refractivity contribution < 1.29 is 14.0 Å². The number of nitrogens with zero attached hydrogens (tertiary/aromatic N) is 3. The second-order valence-electron chi connectivity index (χ2n) is 7.35. The van der Waals surface area contributed by atoms with E-state index in [0.29, 0.717) is 45.4 Å². The predicted molar refractivity (Wildman–Crippen MR) is 104 cm³/mol. The third kappa shape index (κ3) is 4.97. The number of nitrogens with one attached hydrogen (secondary N) is 1. The number of halogens is 1. The zero-order valence-electron chi connectivity index (χ0n) is 16.4. The van der Waals surface area contributed by atoms with E-state index in [1.165, 1.54) is 12.1 Å². The molecule has 2 heterocycles. The van der Waals surface area contributed by atoms with E-state index in [1.54, 1.807) is 24.0 Å². The highest BCUT2D eigenvalue weighted by Crippen LogP contribution is 2.17. The molecule has 0 atom stereocenters. The van der Waals surface area contributed by atoms with Crippen LogP contribution in [0.25, 0.3) is 0 Å². The number of carbonyl (C=O) groups excluding carboxylic acids is 2. The van der Waals surface area contributed by atoms with Crippen molar-refractivity contribution in [2.75, 3.05) is 19.6 Å². The minimum Gasteiger partial charge on any atom is -0.355 e. The van der Waals surface area contributed by atoms with Gasteiger partial charge in [-0.25, -0.2) is 9.37 Å². The van der Waals surface area contributed by atoms with Crippen molar-refractivity contribution in [2.24, 2.45) is 5.92 Å². The van der Waals surface area contributed by atoms with Crippen molar-refractivity contribution in [3.05, 3.63) is 53.4 Å². The van der Waals surface area contributed by atoms with Crippen molar-refractivity contribution in [2.45, 2.75) is 39.7 Å². The molecule has 28 heavy (non-hydrogen) atoms. The summed E-state index contributed by atoms with van der Waals surface area (Å²) in [4.78, 5) is 30.0. The summed E-state index contributed by atoms with van der Waals surface area (Å²) in [7, 11) is 0. The molecule has 0 bridgehead atoms. The Morgan fingerprint density at radius 1 is 1.21 bits per heavy atom. The van der Waals surface area contributed by atoms with Gasteiger partial charge in [0.2, 0.25) is 11.8 Å². The monoisotopic (exact) mass is 386 g/mol. The van der Waals surface area contributed by atoms with Gasteiger partial charge in [0.1, 0.15) is 11.6 Å². The number of amides is 2. The van der Waals surface area contributed by atoms with Crippen molar-refractivity contribution in [3.8, 4) is 0 Å². The fourth-order valence-electron chi connectivity index (χ4n) is 3.60. The van der Waals surface area contributed by atoms with Crippen molar-refractivity contribution in [1.29, 1.82) is 0 Å². The van der Waals surface area contributed by atoms with Gasteiger partial charge < -0.3 is 14.8 Å². The summed E-state index contributed by atoms with van der Waals surface area (Å²) in [5.41, 5.74) is 2.03. The van der Waals surface area contributed by atoms with Crippen LogP contribution in [0.2, 0.25) is 0 Å². The Bertz CT molecular complexity index is 823. The summed E-state index contributed by atoms with van der Waals surface area (Å²) in [5, 5.41) is 3.01. The standard InChI is InChI=1S/C21H27FN4O2/c1-15-13-24-20(26(15)14-17-3-5-19(22)6-4-17)7-10-23-21(28)18-8-11-25(12-9-18)16(2)27/h3-6,13,18H,7-12,14H2,1-2H3,(H,23,28). The molecule has 1 aromatic heterocycles. The minimum absolute atomic E-state index is 0.0312. The van der Waals surface area contributed by atoms with Gasteiger partial charge in [0.15, 0.2) is 0 Å². The maximum Gasteiger partial charge on any atom is 0.223 e. The molecule has 1 aromatic carbocycles. The number of carbonyl (C=O) groups is 2. The summed E-state index contributed by atoms with van der Waals surface area (Å²) < 4.78 is 15.2. The van der Waals surface area contributed by atoms with Crippen molar-refractivity contribution in [3.63, 3.8) is 0 Å². The van der Waals surface area contributed by atoms with Crippen molar-refractivity contribution >= 4 is 11.8 Å². The van der Waals surface area contributed by atoms with E-state index in [0.717, 1.165) is 17.1 Å². The lowest BCUT2D eigenvalue weighted by atomic mass is 9.96. The summed E-state index contributed by atoms with van der Waals surface area (Å²) in [6.07, 6.45) is 3.87. The molecule has 7 heteroatoms. The Balaban J connectivity index is 1.50. The van der Waals surface area contributed by atoms with E-state index in [-0.39, 0.29) is 23.5 Å². The Labute approximate surface area is 164 Å². The molecule has 0 aliphatic carbocycles. The lowest BCUT2D eigenvalue weighted by Crippen LogP contribution is -2.42. The lowest BCUT2D eigenvalue weighted by molar-refractivity contribution is -0.133. The van der Waals surface area contributed by atoms with Crippen LogP contribution in [0.1, 0.15) is 36.8 Å². The van der Waals surface area contributed by atoms with Gasteiger partial charge in [-0.2, -0.15) is 0 Å². The third-order valence-corrected chi connectivity index (χ3v) is 5.35. The second kappa shape index (κ2) is 8.99. The molecule has 2 amide bonds. The van der Waals surface area contributed by atoms with Crippen LogP contribution in [0.5, 0.6) is 0 Å². The average Bonchev–Trinajstić information content (AvgIpc) is 3.03. The average molecular weight is 386 g/mol. The second-order valence-corrected chi connectivity index (χ2v) is 7.35. The lowest BCUT2D eigenvalue weighted by Gasteiger charge is -2.30. The number of aryl methyl sites for hydroxylation is 1. The first-order valence-electron chi connectivity index (χ1n) is 9.72. The van der Waals surface area contributed by atoms with Crippen LogP contribution >= 0.6 is 0 Å². The fraction of sp³-hybridized carbons (Fsp3) is 0.476. The van der Waals surface area contributed by atoms with E-state index >= 15 is 0 Å². The highest BCUT2D eigenvalue weighted by Gasteiger charge is 2.25. The third-order valence-electron chi connectivity index (χ3n) is 5.35. The molecular weight excluding hydrogens is 359 g/mol. The summed E-state index contributed by atoms with van der Waals surface area (Å²) in [6, 6.07) is 6.46. The van der Waals surface area contributed by atoms with Crippen LogP contribution in [0.3, 0.4) is 0 Å². The smallest absolute Gasteiger partial charge is 0.223 e.